The molecule has 0 bridgehead atoms. The molecule has 10 heteroatoms. The van der Waals surface area contributed by atoms with Crippen molar-refractivity contribution in [2.24, 2.45) is 0 Å². The van der Waals surface area contributed by atoms with Gasteiger partial charge in [0.2, 0.25) is 12.1 Å². The van der Waals surface area contributed by atoms with Crippen LogP contribution in [0.2, 0.25) is 0 Å². The van der Waals surface area contributed by atoms with Gasteiger partial charge < -0.3 is 9.72 Å². The normalized spacial score (nSPS) is 11.9. The van der Waals surface area contributed by atoms with Gasteiger partial charge >= 0.3 is 5.97 Å². The molecule has 144 valence electrons. The van der Waals surface area contributed by atoms with Crippen molar-refractivity contribution < 1.29 is 19.1 Å². The fraction of sp³-hybridized carbons (Fsp3) is 0.222. The maximum atomic E-state index is 13.0. The lowest BCUT2D eigenvalue weighted by atomic mass is 9.99. The van der Waals surface area contributed by atoms with Crippen molar-refractivity contribution in [2.45, 2.75) is 27.0 Å². The van der Waals surface area contributed by atoms with Gasteiger partial charge in [0.1, 0.15) is 0 Å². The summed E-state index contributed by atoms with van der Waals surface area (Å²) < 4.78 is 5.76. The molecule has 0 amide bonds. The maximum absolute atomic E-state index is 13.0. The van der Waals surface area contributed by atoms with Gasteiger partial charge in [-0.2, -0.15) is 0 Å². The van der Waals surface area contributed by atoms with E-state index in [4.69, 9.17) is 4.74 Å². The van der Waals surface area contributed by atoms with Gasteiger partial charge in [0.05, 0.1) is 17.0 Å². The smallest absolute Gasteiger partial charge is 0.304 e. The summed E-state index contributed by atoms with van der Waals surface area (Å²) in [5.74, 6) is -0.607. The lowest BCUT2D eigenvalue weighted by molar-refractivity contribution is -0.151. The third-order valence-corrected chi connectivity index (χ3v) is 4.52. The standard InChI is InChI=1S/C18H16BrN5O4/c1-9-15(17(27)12-5-4-6-13(19)7-12)14(8-25)20-16(9)18-21-23-24(22-18)10(2)28-11(3)26/h4-8,10,20H,1-3H3. The third-order valence-electron chi connectivity index (χ3n) is 4.02. The predicted molar refractivity (Wildman–Crippen MR) is 102 cm³/mol. The average Bonchev–Trinajstić information content (AvgIpc) is 3.25. The van der Waals surface area contributed by atoms with Crippen molar-refractivity contribution >= 4 is 34.0 Å². The summed E-state index contributed by atoms with van der Waals surface area (Å²) in [6.45, 7) is 4.56. The Hall–Kier alpha value is -3.14. The van der Waals surface area contributed by atoms with Crippen LogP contribution in [-0.4, -0.2) is 43.2 Å². The van der Waals surface area contributed by atoms with Gasteiger partial charge in [0.25, 0.3) is 0 Å². The molecule has 2 heterocycles. The van der Waals surface area contributed by atoms with E-state index in [9.17, 15) is 14.4 Å². The molecule has 3 aromatic rings. The Kier molecular flexibility index (Phi) is 5.50. The van der Waals surface area contributed by atoms with Gasteiger partial charge in [-0.15, -0.1) is 15.0 Å². The number of carbonyl (C=O) groups is 3. The quantitative estimate of drug-likeness (QED) is 0.351. The number of hydrogen-bond acceptors (Lipinski definition) is 7. The minimum atomic E-state index is -0.748. The lowest BCUT2D eigenvalue weighted by Crippen LogP contribution is -2.15. The Balaban J connectivity index is 2.01. The highest BCUT2D eigenvalue weighted by molar-refractivity contribution is 9.10. The number of aromatic amines is 1. The minimum Gasteiger partial charge on any atom is -0.438 e. The molecule has 3 rings (SSSR count). The van der Waals surface area contributed by atoms with Crippen LogP contribution in [0.25, 0.3) is 11.5 Å². The second-order valence-corrected chi connectivity index (χ2v) is 6.93. The number of nitrogens with one attached hydrogen (secondary N) is 1. The zero-order chi connectivity index (χ0) is 20.4. The Morgan fingerprint density at radius 3 is 2.75 bits per heavy atom. The monoisotopic (exact) mass is 445 g/mol. The number of esters is 1. The molecule has 2 aromatic heterocycles. The van der Waals surface area contributed by atoms with Crippen molar-refractivity contribution in [3.63, 3.8) is 0 Å². The highest BCUT2D eigenvalue weighted by atomic mass is 79.9. The lowest BCUT2D eigenvalue weighted by Gasteiger charge is -2.08. The van der Waals surface area contributed by atoms with Crippen LogP contribution in [0.5, 0.6) is 0 Å². The molecule has 0 aliphatic rings. The molecule has 0 spiro atoms. The average molecular weight is 446 g/mol. The molecule has 0 fully saturated rings. The van der Waals surface area contributed by atoms with Crippen LogP contribution in [-0.2, 0) is 9.53 Å². The van der Waals surface area contributed by atoms with E-state index in [0.717, 1.165) is 9.27 Å². The number of hydrogen-bond donors (Lipinski definition) is 1. The van der Waals surface area contributed by atoms with Gasteiger partial charge in [-0.05, 0) is 36.8 Å². The van der Waals surface area contributed by atoms with Crippen LogP contribution in [0, 0.1) is 6.92 Å². The highest BCUT2D eigenvalue weighted by Gasteiger charge is 2.25. The molecule has 0 aliphatic heterocycles. The largest absolute Gasteiger partial charge is 0.438 e. The molecule has 9 nitrogen and oxygen atoms in total. The van der Waals surface area contributed by atoms with E-state index in [-0.39, 0.29) is 22.9 Å². The number of H-pyrrole nitrogens is 1. The fourth-order valence-electron chi connectivity index (χ4n) is 2.76. The third kappa shape index (κ3) is 3.77. The van der Waals surface area contributed by atoms with Crippen LogP contribution in [0.15, 0.2) is 28.7 Å². The van der Waals surface area contributed by atoms with E-state index in [1.165, 1.54) is 6.92 Å². The van der Waals surface area contributed by atoms with E-state index < -0.39 is 12.2 Å². The summed E-state index contributed by atoms with van der Waals surface area (Å²) in [4.78, 5) is 39.6. The number of benzene rings is 1. The summed E-state index contributed by atoms with van der Waals surface area (Å²) in [6.07, 6.45) is -0.171. The summed E-state index contributed by atoms with van der Waals surface area (Å²) in [7, 11) is 0. The molecule has 0 radical (unpaired) electrons. The summed E-state index contributed by atoms with van der Waals surface area (Å²) in [5, 5.41) is 12.0. The number of aldehydes is 1. The number of tetrazole rings is 1. The molecule has 1 aromatic carbocycles. The van der Waals surface area contributed by atoms with Crippen LogP contribution >= 0.6 is 15.9 Å². The van der Waals surface area contributed by atoms with E-state index in [0.29, 0.717) is 23.1 Å². The number of aromatic nitrogens is 5. The van der Waals surface area contributed by atoms with Crippen molar-refractivity contribution in [1.29, 1.82) is 0 Å². The zero-order valence-corrected chi connectivity index (χ0v) is 16.8. The van der Waals surface area contributed by atoms with Crippen molar-refractivity contribution in [3.05, 3.63) is 51.1 Å². The molecular weight excluding hydrogens is 430 g/mol. The van der Waals surface area contributed by atoms with E-state index in [1.54, 1.807) is 38.1 Å². The molecule has 1 N–H and O–H groups in total. The van der Waals surface area contributed by atoms with Crippen LogP contribution in [0.1, 0.15) is 52.0 Å². The first-order chi connectivity index (χ1) is 13.3. The van der Waals surface area contributed by atoms with Crippen molar-refractivity contribution in [3.8, 4) is 11.5 Å². The van der Waals surface area contributed by atoms with Gasteiger partial charge in [-0.1, -0.05) is 28.1 Å². The van der Waals surface area contributed by atoms with Gasteiger partial charge in [0.15, 0.2) is 12.1 Å². The van der Waals surface area contributed by atoms with E-state index in [2.05, 4.69) is 36.3 Å². The Bertz CT molecular complexity index is 1070. The van der Waals surface area contributed by atoms with Crippen LogP contribution < -0.4 is 0 Å². The molecular formula is C18H16BrN5O4. The van der Waals surface area contributed by atoms with Crippen molar-refractivity contribution in [1.82, 2.24) is 25.2 Å². The zero-order valence-electron chi connectivity index (χ0n) is 15.3. The predicted octanol–water partition coefficient (Wildman–Crippen LogP) is 2.86. The number of ketones is 1. The Morgan fingerprint density at radius 1 is 1.36 bits per heavy atom. The van der Waals surface area contributed by atoms with E-state index in [1.807, 2.05) is 0 Å². The molecule has 0 saturated carbocycles. The van der Waals surface area contributed by atoms with Gasteiger partial charge in [0, 0.05) is 17.0 Å². The van der Waals surface area contributed by atoms with E-state index >= 15 is 0 Å². The number of ether oxygens (including phenoxy) is 1. The first-order valence-corrected chi connectivity index (χ1v) is 9.06. The maximum Gasteiger partial charge on any atom is 0.304 e. The SMILES string of the molecule is CC(=O)OC(C)n1nnc(-c2[nH]c(C=O)c(C(=O)c3cccc(Br)c3)c2C)n1. The molecule has 0 aliphatic carbocycles. The number of halogens is 1. The van der Waals surface area contributed by atoms with Crippen molar-refractivity contribution in [2.75, 3.05) is 0 Å². The Morgan fingerprint density at radius 2 is 2.11 bits per heavy atom. The Labute approximate surface area is 168 Å². The summed E-state index contributed by atoms with van der Waals surface area (Å²) in [5.41, 5.74) is 1.72. The molecule has 28 heavy (non-hydrogen) atoms. The van der Waals surface area contributed by atoms with Crippen LogP contribution in [0.3, 0.4) is 0 Å². The number of nitrogens with zero attached hydrogens (tertiary/aromatic N) is 4. The first-order valence-electron chi connectivity index (χ1n) is 8.27. The van der Waals surface area contributed by atoms with Gasteiger partial charge in [-0.25, -0.2) is 0 Å². The number of rotatable bonds is 6. The molecule has 0 saturated heterocycles. The number of carbonyl (C=O) groups excluding carboxylic acids is 3. The first kappa shape index (κ1) is 19.6. The fourth-order valence-corrected chi connectivity index (χ4v) is 3.16. The topological polar surface area (TPSA) is 120 Å². The second kappa shape index (κ2) is 7.85. The van der Waals surface area contributed by atoms with Crippen LogP contribution in [0.4, 0.5) is 0 Å². The summed E-state index contributed by atoms with van der Waals surface area (Å²) >= 11 is 3.34. The highest BCUT2D eigenvalue weighted by Crippen LogP contribution is 2.27. The molecule has 1 atom stereocenters. The minimum absolute atomic E-state index is 0.127. The molecule has 1 unspecified atom stereocenters. The van der Waals surface area contributed by atoms with Gasteiger partial charge in [-0.3, -0.25) is 14.4 Å². The summed E-state index contributed by atoms with van der Waals surface area (Å²) in [6, 6.07) is 6.89. The second-order valence-electron chi connectivity index (χ2n) is 6.01.